The van der Waals surface area contributed by atoms with Gasteiger partial charge in [0.15, 0.2) is 0 Å². The molecule has 116 valence electrons. The van der Waals surface area contributed by atoms with Gasteiger partial charge in [0.05, 0.1) is 22.3 Å². The van der Waals surface area contributed by atoms with Crippen LogP contribution in [0.25, 0.3) is 5.57 Å². The van der Waals surface area contributed by atoms with Crippen LogP contribution in [0.5, 0.6) is 11.5 Å². The van der Waals surface area contributed by atoms with Crippen LogP contribution in [0.15, 0.2) is 54.2 Å². The second-order valence-corrected chi connectivity index (χ2v) is 11.4. The maximum Gasteiger partial charge on any atom is 0.118 e. The Morgan fingerprint density at radius 1 is 0.727 bits per heavy atom. The fourth-order valence-corrected chi connectivity index (χ4v) is 3.51. The van der Waals surface area contributed by atoms with Gasteiger partial charge < -0.3 is 9.47 Å². The fourth-order valence-electron chi connectivity index (χ4n) is 2.31. The summed E-state index contributed by atoms with van der Waals surface area (Å²) in [6, 6.07) is 16.5. The number of rotatable bonds is 5. The Bertz CT molecular complexity index is 585. The van der Waals surface area contributed by atoms with Gasteiger partial charge in [0.2, 0.25) is 0 Å². The number of methoxy groups -OCH3 is 2. The van der Waals surface area contributed by atoms with Crippen molar-refractivity contribution in [2.75, 3.05) is 14.2 Å². The van der Waals surface area contributed by atoms with Crippen molar-refractivity contribution in [3.63, 3.8) is 0 Å². The molecule has 0 atom stereocenters. The molecule has 0 aliphatic carbocycles. The zero-order valence-electron chi connectivity index (χ0n) is 14.0. The number of hydrogen-bond donors (Lipinski definition) is 0. The summed E-state index contributed by atoms with van der Waals surface area (Å²) in [5.41, 5.74) is 6.16. The summed E-state index contributed by atoms with van der Waals surface area (Å²) in [5, 5.41) is 0. The van der Waals surface area contributed by atoms with Crippen LogP contribution in [-0.2, 0) is 0 Å². The van der Waals surface area contributed by atoms with Crippen LogP contribution in [0.3, 0.4) is 0 Å². The number of benzene rings is 2. The van der Waals surface area contributed by atoms with Crippen molar-refractivity contribution in [3.05, 3.63) is 65.4 Å². The topological polar surface area (TPSA) is 18.5 Å². The molecule has 2 aromatic carbocycles. The van der Waals surface area contributed by atoms with Gasteiger partial charge >= 0.3 is 0 Å². The molecule has 2 nitrogen and oxygen atoms in total. The van der Waals surface area contributed by atoms with E-state index in [-0.39, 0.29) is 0 Å². The van der Waals surface area contributed by atoms with E-state index in [9.17, 15) is 0 Å². The van der Waals surface area contributed by atoms with Crippen molar-refractivity contribution in [2.24, 2.45) is 0 Å². The van der Waals surface area contributed by atoms with E-state index in [0.29, 0.717) is 0 Å². The molecule has 0 N–H and O–H groups in total. The lowest BCUT2D eigenvalue weighted by atomic mass is 9.99. The first-order chi connectivity index (χ1) is 10.4. The molecule has 0 radical (unpaired) electrons. The Kier molecular flexibility index (Phi) is 5.09. The Morgan fingerprint density at radius 2 is 1.09 bits per heavy atom. The van der Waals surface area contributed by atoms with Crippen LogP contribution < -0.4 is 9.47 Å². The number of hydrogen-bond acceptors (Lipinski definition) is 2. The van der Waals surface area contributed by atoms with Crippen molar-refractivity contribution >= 4 is 13.6 Å². The molecule has 22 heavy (non-hydrogen) atoms. The van der Waals surface area contributed by atoms with Gasteiger partial charge in [-0.15, -0.1) is 0 Å². The van der Waals surface area contributed by atoms with E-state index < -0.39 is 8.07 Å². The molecular weight excluding hydrogens is 288 g/mol. The van der Waals surface area contributed by atoms with Crippen LogP contribution in [0, 0.1) is 0 Å². The Morgan fingerprint density at radius 3 is 1.36 bits per heavy atom. The van der Waals surface area contributed by atoms with Crippen LogP contribution >= 0.6 is 0 Å². The molecule has 3 heteroatoms. The summed E-state index contributed by atoms with van der Waals surface area (Å²) in [4.78, 5) is 0. The Hall–Kier alpha value is -2.00. The van der Waals surface area contributed by atoms with Gasteiger partial charge in [-0.1, -0.05) is 49.6 Å². The second-order valence-electron chi connectivity index (χ2n) is 6.38. The first-order valence-corrected chi connectivity index (χ1v) is 11.0. The predicted molar refractivity (Wildman–Crippen MR) is 96.4 cm³/mol. The van der Waals surface area contributed by atoms with E-state index in [2.05, 4.69) is 49.6 Å². The van der Waals surface area contributed by atoms with E-state index in [0.717, 1.165) is 11.5 Å². The maximum atomic E-state index is 5.26. The normalized spacial score (nSPS) is 11.0. The molecule has 0 aliphatic rings. The molecule has 0 aromatic heterocycles. The maximum absolute atomic E-state index is 5.26. The van der Waals surface area contributed by atoms with Gasteiger partial charge in [0.25, 0.3) is 0 Å². The molecule has 0 saturated heterocycles. The third-order valence-electron chi connectivity index (χ3n) is 3.38. The highest BCUT2D eigenvalue weighted by atomic mass is 28.3. The van der Waals surface area contributed by atoms with Crippen molar-refractivity contribution in [1.29, 1.82) is 0 Å². The van der Waals surface area contributed by atoms with Crippen LogP contribution in [0.2, 0.25) is 19.6 Å². The SMILES string of the molecule is COc1ccc(C(=C[Si](C)(C)C)c2ccc(OC)cc2)cc1. The first kappa shape index (κ1) is 16.4. The van der Waals surface area contributed by atoms with Crippen LogP contribution in [0.4, 0.5) is 0 Å². The average molecular weight is 312 g/mol. The largest absolute Gasteiger partial charge is 0.497 e. The molecular formula is C19H24O2Si. The van der Waals surface area contributed by atoms with Gasteiger partial charge in [-0.25, -0.2) is 0 Å². The van der Waals surface area contributed by atoms with Gasteiger partial charge in [0, 0.05) is 0 Å². The third-order valence-corrected chi connectivity index (χ3v) is 4.53. The minimum atomic E-state index is -1.35. The van der Waals surface area contributed by atoms with Crippen molar-refractivity contribution < 1.29 is 9.47 Å². The van der Waals surface area contributed by atoms with Gasteiger partial charge in [-0.3, -0.25) is 0 Å². The van der Waals surface area contributed by atoms with Crippen LogP contribution in [0.1, 0.15) is 11.1 Å². The molecule has 0 aliphatic heterocycles. The number of ether oxygens (including phenoxy) is 2. The molecule has 0 saturated carbocycles. The quantitative estimate of drug-likeness (QED) is 0.722. The highest BCUT2D eigenvalue weighted by Crippen LogP contribution is 2.28. The molecule has 2 rings (SSSR count). The first-order valence-electron chi connectivity index (χ1n) is 7.44. The smallest absolute Gasteiger partial charge is 0.118 e. The van der Waals surface area contributed by atoms with Crippen molar-refractivity contribution in [2.45, 2.75) is 19.6 Å². The van der Waals surface area contributed by atoms with Gasteiger partial charge in [-0.05, 0) is 41.0 Å². The molecule has 0 fully saturated rings. The summed E-state index contributed by atoms with van der Waals surface area (Å²) in [5.74, 6) is 1.76. The molecule has 0 unspecified atom stereocenters. The lowest BCUT2D eigenvalue weighted by molar-refractivity contribution is 0.414. The molecule has 2 aromatic rings. The minimum absolute atomic E-state index is 0.880. The Labute approximate surface area is 134 Å². The summed E-state index contributed by atoms with van der Waals surface area (Å²) in [6.45, 7) is 7.04. The lowest BCUT2D eigenvalue weighted by Gasteiger charge is -2.16. The fraction of sp³-hybridized carbons (Fsp3) is 0.263. The molecule has 0 amide bonds. The van der Waals surface area contributed by atoms with Crippen LogP contribution in [-0.4, -0.2) is 22.3 Å². The summed E-state index contributed by atoms with van der Waals surface area (Å²) in [6.07, 6.45) is 0. The van der Waals surface area contributed by atoms with Gasteiger partial charge in [-0.2, -0.15) is 0 Å². The Balaban J connectivity index is 2.48. The standard InChI is InChI=1S/C19H24O2Si/c1-20-17-10-6-15(7-11-17)19(14-22(3,4)5)16-8-12-18(21-2)13-9-16/h6-14H,1-5H3. The van der Waals surface area contributed by atoms with E-state index in [1.54, 1.807) is 14.2 Å². The molecule has 0 bridgehead atoms. The van der Waals surface area contributed by atoms with Gasteiger partial charge in [0.1, 0.15) is 11.5 Å². The predicted octanol–water partition coefficient (Wildman–Crippen LogP) is 5.01. The zero-order chi connectivity index (χ0) is 16.2. The average Bonchev–Trinajstić information content (AvgIpc) is 2.52. The van der Waals surface area contributed by atoms with E-state index in [1.165, 1.54) is 16.7 Å². The lowest BCUT2D eigenvalue weighted by Crippen LogP contribution is -2.17. The van der Waals surface area contributed by atoms with Crippen molar-refractivity contribution in [3.8, 4) is 11.5 Å². The highest BCUT2D eigenvalue weighted by molar-refractivity contribution is 6.81. The summed E-state index contributed by atoms with van der Waals surface area (Å²) < 4.78 is 10.5. The van der Waals surface area contributed by atoms with Crippen molar-refractivity contribution in [1.82, 2.24) is 0 Å². The second kappa shape index (κ2) is 6.84. The summed E-state index contributed by atoms with van der Waals surface area (Å²) in [7, 11) is 2.03. The minimum Gasteiger partial charge on any atom is -0.497 e. The van der Waals surface area contributed by atoms with E-state index in [4.69, 9.17) is 9.47 Å². The van der Waals surface area contributed by atoms with E-state index >= 15 is 0 Å². The van der Waals surface area contributed by atoms with E-state index in [1.807, 2.05) is 24.3 Å². The molecule has 0 spiro atoms. The highest BCUT2D eigenvalue weighted by Gasteiger charge is 2.14. The monoisotopic (exact) mass is 312 g/mol. The third kappa shape index (κ3) is 4.24. The summed E-state index contributed by atoms with van der Waals surface area (Å²) >= 11 is 0. The molecule has 0 heterocycles. The zero-order valence-corrected chi connectivity index (χ0v) is 15.0.